The summed E-state index contributed by atoms with van der Waals surface area (Å²) in [5, 5.41) is 3.23. The van der Waals surface area contributed by atoms with E-state index in [9.17, 15) is 4.79 Å². The van der Waals surface area contributed by atoms with Gasteiger partial charge in [0.2, 0.25) is 5.91 Å². The first-order valence-corrected chi connectivity index (χ1v) is 8.60. The maximum atomic E-state index is 13.2. The van der Waals surface area contributed by atoms with E-state index in [4.69, 9.17) is 9.47 Å². The van der Waals surface area contributed by atoms with Crippen LogP contribution in [0.4, 0.5) is 0 Å². The first-order chi connectivity index (χ1) is 11.4. The number of amides is 1. The number of ether oxygens (including phenoxy) is 2. The van der Waals surface area contributed by atoms with Crippen molar-refractivity contribution in [2.24, 2.45) is 5.92 Å². The van der Waals surface area contributed by atoms with Gasteiger partial charge in [0.15, 0.2) is 11.5 Å². The van der Waals surface area contributed by atoms with E-state index in [-0.39, 0.29) is 18.3 Å². The lowest BCUT2D eigenvalue weighted by atomic mass is 9.82. The van der Waals surface area contributed by atoms with Crippen LogP contribution >= 0.6 is 12.4 Å². The smallest absolute Gasteiger partial charge is 0.232 e. The summed E-state index contributed by atoms with van der Waals surface area (Å²) in [7, 11) is 5.20. The quantitative estimate of drug-likeness (QED) is 0.836. The van der Waals surface area contributed by atoms with Crippen LogP contribution in [-0.2, 0) is 10.2 Å². The third-order valence-corrected chi connectivity index (χ3v) is 4.94. The van der Waals surface area contributed by atoms with Gasteiger partial charge in [-0.3, -0.25) is 4.79 Å². The minimum absolute atomic E-state index is 0. The second-order valence-electron chi connectivity index (χ2n) is 7.01. The molecule has 1 aliphatic rings. The number of carbonyl (C=O) groups is 1. The maximum absolute atomic E-state index is 13.2. The fraction of sp³-hybridized carbons (Fsp3) is 0.632. The van der Waals surface area contributed by atoms with Gasteiger partial charge in [-0.15, -0.1) is 12.4 Å². The van der Waals surface area contributed by atoms with Crippen molar-refractivity contribution < 1.29 is 14.3 Å². The normalized spacial score (nSPS) is 17.6. The van der Waals surface area contributed by atoms with Gasteiger partial charge >= 0.3 is 0 Å². The van der Waals surface area contributed by atoms with Crippen LogP contribution < -0.4 is 14.8 Å². The number of hydrogen-bond donors (Lipinski definition) is 1. The molecule has 0 bridgehead atoms. The van der Waals surface area contributed by atoms with Crippen molar-refractivity contribution in [1.29, 1.82) is 0 Å². The van der Waals surface area contributed by atoms with E-state index in [1.165, 1.54) is 6.42 Å². The number of methoxy groups -OCH3 is 2. The fourth-order valence-electron chi connectivity index (χ4n) is 3.45. The molecule has 2 rings (SSSR count). The lowest BCUT2D eigenvalue weighted by Crippen LogP contribution is -2.49. The van der Waals surface area contributed by atoms with Gasteiger partial charge in [0.05, 0.1) is 19.6 Å². The largest absolute Gasteiger partial charge is 0.493 e. The number of likely N-dealkylation sites (tertiary alicyclic amines) is 1. The van der Waals surface area contributed by atoms with Crippen LogP contribution in [0.2, 0.25) is 0 Å². The Balaban J connectivity index is 0.00000312. The molecule has 1 atom stereocenters. The Kier molecular flexibility index (Phi) is 8.03. The standard InChI is InChI=1S/C19H30N2O3.ClH/c1-19(2,15-8-9-16(23-4)17(11-15)24-5)18(22)21-10-6-7-14(13-21)12-20-3;/h8-9,11,14,20H,6-7,10,12-13H2,1-5H3;1H. The Morgan fingerprint density at radius 1 is 1.28 bits per heavy atom. The van der Waals surface area contributed by atoms with Gasteiger partial charge in [-0.25, -0.2) is 0 Å². The number of halogens is 1. The molecule has 1 aromatic rings. The van der Waals surface area contributed by atoms with E-state index in [1.807, 2.05) is 44.0 Å². The summed E-state index contributed by atoms with van der Waals surface area (Å²) in [4.78, 5) is 15.2. The molecule has 1 aliphatic heterocycles. The molecule has 25 heavy (non-hydrogen) atoms. The summed E-state index contributed by atoms with van der Waals surface area (Å²) in [5.74, 6) is 2.04. The third-order valence-electron chi connectivity index (χ3n) is 4.94. The molecule has 1 aromatic carbocycles. The number of nitrogens with one attached hydrogen (secondary N) is 1. The maximum Gasteiger partial charge on any atom is 0.232 e. The van der Waals surface area contributed by atoms with Gasteiger partial charge < -0.3 is 19.7 Å². The zero-order valence-electron chi connectivity index (χ0n) is 15.9. The minimum Gasteiger partial charge on any atom is -0.493 e. The first kappa shape index (κ1) is 21.6. The number of hydrogen-bond acceptors (Lipinski definition) is 4. The Hall–Kier alpha value is -1.46. The van der Waals surface area contributed by atoms with Crippen molar-refractivity contribution in [3.63, 3.8) is 0 Å². The predicted octanol–water partition coefficient (Wildman–Crippen LogP) is 2.86. The van der Waals surface area contributed by atoms with Gasteiger partial charge in [0.1, 0.15) is 0 Å². The van der Waals surface area contributed by atoms with E-state index in [0.29, 0.717) is 17.4 Å². The average Bonchev–Trinajstić information content (AvgIpc) is 2.60. The highest BCUT2D eigenvalue weighted by Gasteiger charge is 2.36. The molecule has 0 spiro atoms. The number of rotatable bonds is 6. The van der Waals surface area contributed by atoms with Gasteiger partial charge in [-0.2, -0.15) is 0 Å². The van der Waals surface area contributed by atoms with E-state index in [2.05, 4.69) is 5.32 Å². The molecule has 5 nitrogen and oxygen atoms in total. The summed E-state index contributed by atoms with van der Waals surface area (Å²) in [6, 6.07) is 5.73. The van der Waals surface area contributed by atoms with E-state index < -0.39 is 5.41 Å². The SMILES string of the molecule is CNCC1CCCN(C(=O)C(C)(C)c2ccc(OC)c(OC)c2)C1.Cl. The Labute approximate surface area is 157 Å². The molecule has 142 valence electrons. The van der Waals surface area contributed by atoms with Gasteiger partial charge in [-0.1, -0.05) is 6.07 Å². The minimum atomic E-state index is -0.596. The zero-order valence-corrected chi connectivity index (χ0v) is 16.7. The van der Waals surface area contributed by atoms with E-state index in [0.717, 1.165) is 31.6 Å². The van der Waals surface area contributed by atoms with Crippen molar-refractivity contribution in [2.75, 3.05) is 40.9 Å². The monoisotopic (exact) mass is 370 g/mol. The molecule has 0 aromatic heterocycles. The fourth-order valence-corrected chi connectivity index (χ4v) is 3.45. The molecule has 1 saturated heterocycles. The highest BCUT2D eigenvalue weighted by atomic mass is 35.5. The summed E-state index contributed by atoms with van der Waals surface area (Å²) >= 11 is 0. The second-order valence-corrected chi connectivity index (χ2v) is 7.01. The highest BCUT2D eigenvalue weighted by molar-refractivity contribution is 5.87. The Morgan fingerprint density at radius 2 is 1.96 bits per heavy atom. The molecule has 0 radical (unpaired) electrons. The van der Waals surface area contributed by atoms with Crippen LogP contribution in [0, 0.1) is 5.92 Å². The molecule has 1 heterocycles. The van der Waals surface area contributed by atoms with Crippen LogP contribution in [0.5, 0.6) is 11.5 Å². The van der Waals surface area contributed by atoms with Crippen LogP contribution in [0.25, 0.3) is 0 Å². The molecule has 1 amide bonds. The number of carbonyl (C=O) groups excluding carboxylic acids is 1. The third kappa shape index (κ3) is 4.79. The van der Waals surface area contributed by atoms with Crippen LogP contribution in [0.1, 0.15) is 32.3 Å². The molecule has 1 N–H and O–H groups in total. The lowest BCUT2D eigenvalue weighted by molar-refractivity contribution is -0.138. The van der Waals surface area contributed by atoms with Crippen LogP contribution in [0.15, 0.2) is 18.2 Å². The van der Waals surface area contributed by atoms with Crippen molar-refractivity contribution in [1.82, 2.24) is 10.2 Å². The van der Waals surface area contributed by atoms with E-state index in [1.54, 1.807) is 14.2 Å². The molecule has 0 aliphatic carbocycles. The van der Waals surface area contributed by atoms with Gasteiger partial charge in [0, 0.05) is 13.1 Å². The van der Waals surface area contributed by atoms with E-state index >= 15 is 0 Å². The number of benzene rings is 1. The van der Waals surface area contributed by atoms with Gasteiger partial charge in [-0.05, 0) is 63.9 Å². The van der Waals surface area contributed by atoms with Crippen LogP contribution in [-0.4, -0.2) is 51.7 Å². The van der Waals surface area contributed by atoms with Crippen molar-refractivity contribution in [3.05, 3.63) is 23.8 Å². The summed E-state index contributed by atoms with van der Waals surface area (Å²) in [6.45, 7) is 6.60. The molecule has 1 fully saturated rings. The lowest BCUT2D eigenvalue weighted by Gasteiger charge is -2.38. The van der Waals surface area contributed by atoms with Gasteiger partial charge in [0.25, 0.3) is 0 Å². The summed E-state index contributed by atoms with van der Waals surface area (Å²) < 4.78 is 10.7. The highest BCUT2D eigenvalue weighted by Crippen LogP contribution is 2.35. The number of piperidine rings is 1. The summed E-state index contributed by atoms with van der Waals surface area (Å²) in [5.41, 5.74) is 0.349. The Bertz CT molecular complexity index is 576. The van der Waals surface area contributed by atoms with Crippen molar-refractivity contribution >= 4 is 18.3 Å². The molecule has 6 heteroatoms. The topological polar surface area (TPSA) is 50.8 Å². The average molecular weight is 371 g/mol. The predicted molar refractivity (Wildman–Crippen MR) is 103 cm³/mol. The molecular weight excluding hydrogens is 340 g/mol. The molecule has 0 saturated carbocycles. The van der Waals surface area contributed by atoms with Crippen molar-refractivity contribution in [3.8, 4) is 11.5 Å². The summed E-state index contributed by atoms with van der Waals surface area (Å²) in [6.07, 6.45) is 2.25. The first-order valence-electron chi connectivity index (χ1n) is 8.60. The molecule has 1 unspecified atom stereocenters. The molecular formula is C19H31ClN2O3. The number of nitrogens with zero attached hydrogens (tertiary/aromatic N) is 1. The van der Waals surface area contributed by atoms with Crippen molar-refractivity contribution in [2.45, 2.75) is 32.1 Å². The Morgan fingerprint density at radius 3 is 2.56 bits per heavy atom. The van der Waals surface area contributed by atoms with Crippen LogP contribution in [0.3, 0.4) is 0 Å². The second kappa shape index (κ2) is 9.30. The zero-order chi connectivity index (χ0) is 17.7.